The van der Waals surface area contributed by atoms with Gasteiger partial charge in [-0.05, 0) is 50.7 Å². The Morgan fingerprint density at radius 3 is 2.43 bits per heavy atom. The van der Waals surface area contributed by atoms with Crippen LogP contribution in [0.2, 0.25) is 0 Å². The number of aryl methyl sites for hydroxylation is 1. The smallest absolute Gasteiger partial charge is 0.119 e. The monoisotopic (exact) mass is 289 g/mol. The zero-order chi connectivity index (χ0) is 15.2. The molecule has 3 unspecified atom stereocenters. The lowest BCUT2D eigenvalue weighted by Gasteiger charge is -2.36. The normalized spacial score (nSPS) is 24.0. The van der Waals surface area contributed by atoms with E-state index in [0.29, 0.717) is 12.1 Å². The highest BCUT2D eigenvalue weighted by molar-refractivity contribution is 5.26. The van der Waals surface area contributed by atoms with Crippen molar-refractivity contribution in [3.63, 3.8) is 0 Å². The van der Waals surface area contributed by atoms with Crippen molar-refractivity contribution in [3.8, 4) is 5.75 Å². The molecular weight excluding hydrogens is 258 g/mol. The molecule has 0 amide bonds. The van der Waals surface area contributed by atoms with Gasteiger partial charge in [-0.1, -0.05) is 44.4 Å². The van der Waals surface area contributed by atoms with Gasteiger partial charge in [0.25, 0.3) is 0 Å². The lowest BCUT2D eigenvalue weighted by molar-refractivity contribution is 0.174. The molecule has 1 aliphatic carbocycles. The molecule has 0 aromatic heterocycles. The zero-order valence-electron chi connectivity index (χ0n) is 14.1. The van der Waals surface area contributed by atoms with E-state index in [1.54, 1.807) is 0 Å². The molecule has 2 rings (SSSR count). The maximum absolute atomic E-state index is 5.90. The first kappa shape index (κ1) is 16.4. The van der Waals surface area contributed by atoms with E-state index in [9.17, 15) is 0 Å². The fourth-order valence-corrected chi connectivity index (χ4v) is 3.43. The number of rotatable bonds is 6. The summed E-state index contributed by atoms with van der Waals surface area (Å²) in [6.45, 7) is 9.80. The van der Waals surface area contributed by atoms with E-state index < -0.39 is 0 Å². The molecule has 2 nitrogen and oxygen atoms in total. The highest BCUT2D eigenvalue weighted by Gasteiger charge is 2.28. The van der Waals surface area contributed by atoms with Crippen LogP contribution in [-0.4, -0.2) is 18.7 Å². The number of benzene rings is 1. The molecule has 1 aliphatic rings. The second-order valence-corrected chi connectivity index (χ2v) is 6.99. The van der Waals surface area contributed by atoms with E-state index in [1.807, 2.05) is 0 Å². The van der Waals surface area contributed by atoms with Gasteiger partial charge in [-0.2, -0.15) is 0 Å². The molecule has 1 fully saturated rings. The third kappa shape index (κ3) is 5.03. The zero-order valence-corrected chi connectivity index (χ0v) is 14.1. The van der Waals surface area contributed by atoms with Crippen molar-refractivity contribution in [1.82, 2.24) is 5.32 Å². The van der Waals surface area contributed by atoms with Crippen LogP contribution in [0, 0.1) is 18.8 Å². The van der Waals surface area contributed by atoms with Crippen molar-refractivity contribution >= 4 is 0 Å². The van der Waals surface area contributed by atoms with Crippen LogP contribution in [0.1, 0.15) is 52.0 Å². The van der Waals surface area contributed by atoms with Gasteiger partial charge in [0.2, 0.25) is 0 Å². The summed E-state index contributed by atoms with van der Waals surface area (Å²) in [6.07, 6.45) is 5.46. The SMILES string of the molecule is Cc1ccc(OCC(C)NC2CCCCC2C(C)C)cc1. The molecule has 1 aromatic rings. The first-order valence-corrected chi connectivity index (χ1v) is 8.51. The van der Waals surface area contributed by atoms with Crippen LogP contribution in [0.25, 0.3) is 0 Å². The van der Waals surface area contributed by atoms with Crippen LogP contribution in [0.5, 0.6) is 5.75 Å². The lowest BCUT2D eigenvalue weighted by atomic mass is 9.77. The van der Waals surface area contributed by atoms with E-state index in [4.69, 9.17) is 4.74 Å². The fraction of sp³-hybridized carbons (Fsp3) is 0.684. The van der Waals surface area contributed by atoms with Crippen LogP contribution in [-0.2, 0) is 0 Å². The lowest BCUT2D eigenvalue weighted by Crippen LogP contribution is -2.46. The Hall–Kier alpha value is -1.02. The van der Waals surface area contributed by atoms with Crippen LogP contribution >= 0.6 is 0 Å². The van der Waals surface area contributed by atoms with Gasteiger partial charge in [0.05, 0.1) is 0 Å². The molecule has 0 saturated heterocycles. The van der Waals surface area contributed by atoms with Gasteiger partial charge in [-0.25, -0.2) is 0 Å². The predicted molar refractivity (Wildman–Crippen MR) is 89.9 cm³/mol. The molecule has 3 atom stereocenters. The Morgan fingerprint density at radius 2 is 1.76 bits per heavy atom. The van der Waals surface area contributed by atoms with Gasteiger partial charge in [0.15, 0.2) is 0 Å². The van der Waals surface area contributed by atoms with Crippen LogP contribution in [0.15, 0.2) is 24.3 Å². The molecular formula is C19H31NO. The molecule has 0 spiro atoms. The predicted octanol–water partition coefficient (Wildman–Crippen LogP) is 4.57. The minimum atomic E-state index is 0.399. The van der Waals surface area contributed by atoms with Crippen molar-refractivity contribution in [2.24, 2.45) is 11.8 Å². The van der Waals surface area contributed by atoms with E-state index in [0.717, 1.165) is 24.2 Å². The number of hydrogen-bond donors (Lipinski definition) is 1. The molecule has 2 heteroatoms. The summed E-state index contributed by atoms with van der Waals surface area (Å²) in [5, 5.41) is 3.81. The standard InChI is InChI=1S/C19H31NO/c1-14(2)18-7-5-6-8-19(18)20-16(4)13-21-17-11-9-15(3)10-12-17/h9-12,14,16,18-20H,5-8,13H2,1-4H3. The summed E-state index contributed by atoms with van der Waals surface area (Å²) in [5.74, 6) is 2.56. The Bertz CT molecular complexity index is 412. The van der Waals surface area contributed by atoms with Gasteiger partial charge in [-0.15, -0.1) is 0 Å². The summed E-state index contributed by atoms with van der Waals surface area (Å²) in [7, 11) is 0. The van der Waals surface area contributed by atoms with Crippen molar-refractivity contribution in [1.29, 1.82) is 0 Å². The topological polar surface area (TPSA) is 21.3 Å². The maximum atomic E-state index is 5.90. The van der Waals surface area contributed by atoms with E-state index in [2.05, 4.69) is 57.3 Å². The highest BCUT2D eigenvalue weighted by Crippen LogP contribution is 2.30. The average molecular weight is 289 g/mol. The first-order valence-electron chi connectivity index (χ1n) is 8.51. The van der Waals surface area contributed by atoms with Crippen molar-refractivity contribution < 1.29 is 4.74 Å². The Morgan fingerprint density at radius 1 is 1.10 bits per heavy atom. The Kier molecular flexibility index (Phi) is 6.10. The summed E-state index contributed by atoms with van der Waals surface area (Å²) < 4.78 is 5.90. The number of nitrogens with one attached hydrogen (secondary N) is 1. The number of hydrogen-bond acceptors (Lipinski definition) is 2. The second kappa shape index (κ2) is 7.84. The minimum absolute atomic E-state index is 0.399. The van der Waals surface area contributed by atoms with Crippen molar-refractivity contribution in [2.45, 2.75) is 65.5 Å². The van der Waals surface area contributed by atoms with Gasteiger partial charge in [-0.3, -0.25) is 0 Å². The fourth-order valence-electron chi connectivity index (χ4n) is 3.43. The molecule has 0 bridgehead atoms. The Labute approximate surface area is 130 Å². The highest BCUT2D eigenvalue weighted by atomic mass is 16.5. The largest absolute Gasteiger partial charge is 0.492 e. The quantitative estimate of drug-likeness (QED) is 0.828. The molecule has 0 aliphatic heterocycles. The van der Waals surface area contributed by atoms with Crippen LogP contribution in [0.4, 0.5) is 0 Å². The van der Waals surface area contributed by atoms with Gasteiger partial charge < -0.3 is 10.1 Å². The number of ether oxygens (including phenoxy) is 1. The summed E-state index contributed by atoms with van der Waals surface area (Å²) in [4.78, 5) is 0. The summed E-state index contributed by atoms with van der Waals surface area (Å²) >= 11 is 0. The van der Waals surface area contributed by atoms with E-state index in [-0.39, 0.29) is 0 Å². The summed E-state index contributed by atoms with van der Waals surface area (Å²) in [5.41, 5.74) is 1.27. The Balaban J connectivity index is 1.80. The van der Waals surface area contributed by atoms with Crippen LogP contribution < -0.4 is 10.1 Å². The molecule has 0 heterocycles. The van der Waals surface area contributed by atoms with Gasteiger partial charge in [0, 0.05) is 12.1 Å². The van der Waals surface area contributed by atoms with Crippen molar-refractivity contribution in [2.75, 3.05) is 6.61 Å². The van der Waals surface area contributed by atoms with E-state index in [1.165, 1.54) is 31.2 Å². The second-order valence-electron chi connectivity index (χ2n) is 6.99. The molecule has 0 radical (unpaired) electrons. The van der Waals surface area contributed by atoms with E-state index >= 15 is 0 Å². The maximum Gasteiger partial charge on any atom is 0.119 e. The molecule has 21 heavy (non-hydrogen) atoms. The first-order chi connectivity index (χ1) is 10.1. The van der Waals surface area contributed by atoms with Crippen molar-refractivity contribution in [3.05, 3.63) is 29.8 Å². The molecule has 1 saturated carbocycles. The summed E-state index contributed by atoms with van der Waals surface area (Å²) in [6, 6.07) is 9.37. The average Bonchev–Trinajstić information content (AvgIpc) is 2.47. The van der Waals surface area contributed by atoms with Gasteiger partial charge in [0.1, 0.15) is 12.4 Å². The third-order valence-electron chi connectivity index (χ3n) is 4.70. The minimum Gasteiger partial charge on any atom is -0.492 e. The molecule has 118 valence electrons. The third-order valence-corrected chi connectivity index (χ3v) is 4.70. The molecule has 1 aromatic carbocycles. The van der Waals surface area contributed by atoms with Gasteiger partial charge >= 0.3 is 0 Å². The van der Waals surface area contributed by atoms with Crippen LogP contribution in [0.3, 0.4) is 0 Å². The molecule has 1 N–H and O–H groups in total.